The molecule has 0 bridgehead atoms. The summed E-state index contributed by atoms with van der Waals surface area (Å²) in [5.74, 6) is 0.747. The summed E-state index contributed by atoms with van der Waals surface area (Å²) >= 11 is 0. The lowest BCUT2D eigenvalue weighted by Gasteiger charge is -2.34. The molecule has 2 aromatic heterocycles. The number of nitriles is 2. The number of hydrogen-bond donors (Lipinski definition) is 2. The molecule has 7 rings (SSSR count). The Labute approximate surface area is 316 Å². The number of anilines is 1. The lowest BCUT2D eigenvalue weighted by Crippen LogP contribution is -2.49. The molecule has 0 saturated carbocycles. The van der Waals surface area contributed by atoms with E-state index in [4.69, 9.17) is 10.00 Å². The van der Waals surface area contributed by atoms with Gasteiger partial charge in [-0.25, -0.2) is 9.97 Å². The van der Waals surface area contributed by atoms with Gasteiger partial charge in [-0.1, -0.05) is 6.92 Å². The molecule has 1 fully saturated rings. The monoisotopic (exact) mass is 756 g/mol. The first kappa shape index (κ1) is 40.2. The van der Waals surface area contributed by atoms with Gasteiger partial charge in [-0.15, -0.1) is 17.7 Å². The summed E-state index contributed by atoms with van der Waals surface area (Å²) in [6.07, 6.45) is 9.72. The lowest BCUT2D eigenvalue weighted by molar-refractivity contribution is -0.133. The molecule has 13 nitrogen and oxygen atoms in total. The van der Waals surface area contributed by atoms with Crippen LogP contribution in [0.5, 0.6) is 11.5 Å². The highest BCUT2D eigenvalue weighted by molar-refractivity contribution is 7.83. The van der Waals surface area contributed by atoms with Gasteiger partial charge in [0, 0.05) is 96.7 Å². The predicted octanol–water partition coefficient (Wildman–Crippen LogP) is 5.35. The highest BCUT2D eigenvalue weighted by Gasteiger charge is 2.34. The molecule has 0 aliphatic carbocycles. The minimum absolute atomic E-state index is 0. The number of H-pyrrole nitrogens is 1. The van der Waals surface area contributed by atoms with Crippen LogP contribution in [0.2, 0.25) is 0 Å². The minimum atomic E-state index is -0.611. The number of fused-ring (bicyclic) bond motifs is 3. The van der Waals surface area contributed by atoms with Crippen molar-refractivity contribution in [1.29, 1.82) is 10.5 Å². The van der Waals surface area contributed by atoms with Crippen LogP contribution in [0.4, 0.5) is 5.69 Å². The molecule has 3 aromatic carbocycles. The fourth-order valence-electron chi connectivity index (χ4n) is 6.01. The van der Waals surface area contributed by atoms with Crippen molar-refractivity contribution in [3.63, 3.8) is 0 Å². The number of nitrogens with one attached hydrogen (secondary N) is 2. The van der Waals surface area contributed by atoms with Crippen LogP contribution in [0.1, 0.15) is 42.5 Å². The molecule has 2 amide bonds. The van der Waals surface area contributed by atoms with E-state index >= 15 is 0 Å². The molecular formula is C38H41ClN8O5S. The second-order valence-corrected chi connectivity index (χ2v) is 13.7. The van der Waals surface area contributed by atoms with Crippen LogP contribution in [-0.4, -0.2) is 92.6 Å². The van der Waals surface area contributed by atoms with Crippen molar-refractivity contribution in [2.24, 2.45) is 0 Å². The van der Waals surface area contributed by atoms with Gasteiger partial charge in [0.25, 0.3) is 6.26 Å². The number of ether oxygens (including phenoxy) is 2. The van der Waals surface area contributed by atoms with E-state index in [1.54, 1.807) is 43.0 Å². The van der Waals surface area contributed by atoms with Crippen LogP contribution >= 0.6 is 12.4 Å². The van der Waals surface area contributed by atoms with Crippen LogP contribution in [0.3, 0.4) is 0 Å². The van der Waals surface area contributed by atoms with E-state index < -0.39 is 16.7 Å². The average Bonchev–Trinajstić information content (AvgIpc) is 3.74. The first-order valence-corrected chi connectivity index (χ1v) is 18.8. The van der Waals surface area contributed by atoms with Gasteiger partial charge in [0.1, 0.15) is 30.4 Å². The molecule has 0 spiro atoms. The predicted molar refractivity (Wildman–Crippen MR) is 206 cm³/mol. The number of nitrogens with zero attached hydrogens (tertiary/aromatic N) is 6. The zero-order valence-corrected chi connectivity index (χ0v) is 31.3. The summed E-state index contributed by atoms with van der Waals surface area (Å²) < 4.78 is 20.2. The Hall–Kier alpha value is -5.54. The van der Waals surface area contributed by atoms with Gasteiger partial charge >= 0.3 is 0 Å². The zero-order valence-electron chi connectivity index (χ0n) is 29.7. The number of rotatable bonds is 8. The van der Waals surface area contributed by atoms with Crippen LogP contribution in [-0.2, 0) is 20.4 Å². The smallest absolute Gasteiger partial charge is 0.292 e. The molecular weight excluding hydrogens is 716 g/mol. The summed E-state index contributed by atoms with van der Waals surface area (Å²) in [7, 11) is -0.611. The number of amides is 2. The van der Waals surface area contributed by atoms with Gasteiger partial charge in [0.2, 0.25) is 11.8 Å². The number of aromatic amines is 1. The molecule has 15 heteroatoms. The zero-order chi connectivity index (χ0) is 37.0. The topological polar surface area (TPSA) is 177 Å². The summed E-state index contributed by atoms with van der Waals surface area (Å²) in [4.78, 5) is 41.0. The number of hydrogen-bond acceptors (Lipinski definition) is 10. The van der Waals surface area contributed by atoms with E-state index in [0.29, 0.717) is 47.0 Å². The Morgan fingerprint density at radius 3 is 2.47 bits per heavy atom. The van der Waals surface area contributed by atoms with Gasteiger partial charge in [-0.2, -0.15) is 5.26 Å². The molecule has 2 N–H and O–H groups in total. The molecule has 53 heavy (non-hydrogen) atoms. The molecule has 5 aromatic rings. The van der Waals surface area contributed by atoms with Crippen molar-refractivity contribution in [2.75, 3.05) is 57.2 Å². The fraction of sp³-hybridized carbons (Fsp3) is 0.316. The first-order chi connectivity index (χ1) is 25.2. The quantitative estimate of drug-likeness (QED) is 0.196. The number of benzene rings is 3. The maximum atomic E-state index is 12.8. The highest BCUT2D eigenvalue weighted by atomic mass is 35.5. The number of piperazine rings is 1. The third kappa shape index (κ3) is 10.5. The number of carbonyl (C=O) groups is 2. The maximum Gasteiger partial charge on any atom is 0.292 e. The Morgan fingerprint density at radius 2 is 1.75 bits per heavy atom. The van der Waals surface area contributed by atoms with Crippen LogP contribution < -0.4 is 14.8 Å². The van der Waals surface area contributed by atoms with Crippen LogP contribution in [0.25, 0.3) is 21.8 Å². The summed E-state index contributed by atoms with van der Waals surface area (Å²) in [5, 5.41) is 22.3. The number of carbonyl (C=O) groups excluding carboxylic acids is 2. The standard InChI is InChI=1S/C27H28N6O3.C9H6N2O.C2H6OS.ClH/c1-2-3-24(34)33-10-8-32(9-11-33)12-13-36-19-5-6-20-23(15-19)29-17-30-26(20)25-21-14-18(16-28)4-7-22(21)31-27(25)35;10-6-12-8-1-2-9-7(5-8)3-4-11-9;1-4(2)3;/h4-7,14-15,17,25H,2-3,8-13H2,1H3,(H,31,35);1-5,11H;1-2H3;1H. The number of aromatic nitrogens is 3. The van der Waals surface area contributed by atoms with Crippen LogP contribution in [0.15, 0.2) is 73.2 Å². The Balaban J connectivity index is 0.000000306. The van der Waals surface area contributed by atoms with Crippen molar-refractivity contribution < 1.29 is 23.3 Å². The summed E-state index contributed by atoms with van der Waals surface area (Å²) in [6.45, 7) is 6.58. The largest absolute Gasteiger partial charge is 0.492 e. The minimum Gasteiger partial charge on any atom is -0.492 e. The van der Waals surface area contributed by atoms with Crippen molar-refractivity contribution in [1.82, 2.24) is 24.8 Å². The highest BCUT2D eigenvalue weighted by Crippen LogP contribution is 2.39. The summed E-state index contributed by atoms with van der Waals surface area (Å²) in [6, 6.07) is 20.3. The number of halogens is 1. The van der Waals surface area contributed by atoms with Crippen molar-refractivity contribution in [3.8, 4) is 23.8 Å². The molecule has 2 aliphatic heterocycles. The van der Waals surface area contributed by atoms with Gasteiger partial charge < -0.3 is 24.7 Å². The van der Waals surface area contributed by atoms with Crippen molar-refractivity contribution >= 4 is 62.5 Å². The lowest BCUT2D eigenvalue weighted by atomic mass is 9.93. The molecule has 1 unspecified atom stereocenters. The van der Waals surface area contributed by atoms with E-state index in [2.05, 4.69) is 36.0 Å². The molecule has 276 valence electrons. The van der Waals surface area contributed by atoms with Gasteiger partial charge in [0.15, 0.2) is 0 Å². The first-order valence-electron chi connectivity index (χ1n) is 16.8. The third-order valence-corrected chi connectivity index (χ3v) is 8.48. The van der Waals surface area contributed by atoms with Gasteiger partial charge in [-0.05, 0) is 66.6 Å². The van der Waals surface area contributed by atoms with Gasteiger partial charge in [0.05, 0.1) is 22.8 Å². The van der Waals surface area contributed by atoms with E-state index in [0.717, 1.165) is 61.0 Å². The average molecular weight is 757 g/mol. The maximum absolute atomic E-state index is 12.8. The molecule has 2 aliphatic rings. The van der Waals surface area contributed by atoms with Crippen LogP contribution in [0, 0.1) is 22.8 Å². The Morgan fingerprint density at radius 1 is 1.00 bits per heavy atom. The third-order valence-electron chi connectivity index (χ3n) is 8.48. The normalized spacial score (nSPS) is 14.7. The van der Waals surface area contributed by atoms with E-state index in [9.17, 15) is 19.1 Å². The van der Waals surface area contributed by atoms with E-state index in [-0.39, 0.29) is 24.2 Å². The van der Waals surface area contributed by atoms with E-state index in [1.165, 1.54) is 6.33 Å². The second kappa shape index (κ2) is 19.3. The second-order valence-electron chi connectivity index (χ2n) is 12.3. The van der Waals surface area contributed by atoms with E-state index in [1.807, 2.05) is 54.4 Å². The molecule has 1 saturated heterocycles. The van der Waals surface area contributed by atoms with Gasteiger partial charge in [-0.3, -0.25) is 18.7 Å². The molecule has 0 radical (unpaired) electrons. The fourth-order valence-corrected chi connectivity index (χ4v) is 6.01. The van der Waals surface area contributed by atoms with Crippen molar-refractivity contribution in [2.45, 2.75) is 25.7 Å². The summed E-state index contributed by atoms with van der Waals surface area (Å²) in [5.41, 5.74) is 4.28. The SMILES string of the molecule is CCCC(=O)N1CCN(CCOc2ccc3c(C4C(=O)Nc5ccc(C#N)cc54)ncnc3c2)CC1.CS(C)=O.Cl.N#COc1ccc2[nH]ccc2c1. The molecule has 4 heterocycles. The Kier molecular flexibility index (Phi) is 14.7. The molecule has 1 atom stereocenters. The van der Waals surface area contributed by atoms with Crippen molar-refractivity contribution in [3.05, 3.63) is 90.0 Å². The Bertz CT molecular complexity index is 2150.